The van der Waals surface area contributed by atoms with Gasteiger partial charge in [0.2, 0.25) is 0 Å². The Morgan fingerprint density at radius 1 is 1.32 bits per heavy atom. The largest absolute Gasteiger partial charge is 0.388 e. The first kappa shape index (κ1) is 18.1. The highest BCUT2D eigenvalue weighted by Gasteiger charge is 2.41. The maximum absolute atomic E-state index is 13.9. The number of hydrogen-bond acceptors (Lipinski definition) is 5. The van der Waals surface area contributed by atoms with Crippen molar-refractivity contribution in [3.8, 4) is 0 Å². The topological polar surface area (TPSA) is 79.0 Å². The molecule has 2 heterocycles. The predicted octanol–water partition coefficient (Wildman–Crippen LogP) is 0.733. The van der Waals surface area contributed by atoms with Crippen LogP contribution >= 0.6 is 0 Å². The second-order valence-electron chi connectivity index (χ2n) is 7.32. The predicted molar refractivity (Wildman–Crippen MR) is 92.8 cm³/mol. The van der Waals surface area contributed by atoms with Gasteiger partial charge < -0.3 is 20.5 Å². The highest BCUT2D eigenvalue weighted by Crippen LogP contribution is 2.29. The number of rotatable bonds is 4. The van der Waals surface area contributed by atoms with Crippen LogP contribution in [0.5, 0.6) is 0 Å². The van der Waals surface area contributed by atoms with Crippen molar-refractivity contribution in [2.24, 2.45) is 5.73 Å². The molecule has 138 valence electrons. The number of anilines is 1. The lowest BCUT2D eigenvalue weighted by Crippen LogP contribution is -2.60. The molecule has 0 spiro atoms. The Morgan fingerprint density at radius 3 is 2.64 bits per heavy atom. The van der Waals surface area contributed by atoms with Crippen LogP contribution in [-0.4, -0.2) is 66.4 Å². The standard InChI is InChI=1S/C18H26FN3O3/c1-17(16(20)23)12-21(10-11-25-17)13-18(24)6-8-22(9-7-18)15-5-3-2-4-14(15)19/h2-5,24H,6-13H2,1H3,(H2,20,23). The number of para-hydroxylation sites is 1. The number of ether oxygens (including phenoxy) is 1. The summed E-state index contributed by atoms with van der Waals surface area (Å²) in [6, 6.07) is 6.71. The molecular weight excluding hydrogens is 325 g/mol. The van der Waals surface area contributed by atoms with Gasteiger partial charge in [0.15, 0.2) is 5.60 Å². The molecule has 0 radical (unpaired) electrons. The molecule has 1 aromatic rings. The lowest BCUT2D eigenvalue weighted by Gasteiger charge is -2.45. The third kappa shape index (κ3) is 3.94. The molecular formula is C18H26FN3O3. The van der Waals surface area contributed by atoms with Crippen LogP contribution in [0, 0.1) is 5.82 Å². The van der Waals surface area contributed by atoms with Gasteiger partial charge in [-0.2, -0.15) is 0 Å². The summed E-state index contributed by atoms with van der Waals surface area (Å²) in [5.41, 5.74) is 4.15. The zero-order chi connectivity index (χ0) is 18.1. The summed E-state index contributed by atoms with van der Waals surface area (Å²) in [5, 5.41) is 10.9. The summed E-state index contributed by atoms with van der Waals surface area (Å²) in [4.78, 5) is 15.6. The number of primary amides is 1. The minimum Gasteiger partial charge on any atom is -0.388 e. The van der Waals surface area contributed by atoms with Gasteiger partial charge in [0, 0.05) is 32.7 Å². The van der Waals surface area contributed by atoms with Crippen LogP contribution in [-0.2, 0) is 9.53 Å². The lowest BCUT2D eigenvalue weighted by molar-refractivity contribution is -0.157. The number of benzene rings is 1. The van der Waals surface area contributed by atoms with Crippen molar-refractivity contribution in [1.82, 2.24) is 4.90 Å². The lowest BCUT2D eigenvalue weighted by atomic mass is 9.89. The number of halogens is 1. The number of amides is 1. The average molecular weight is 351 g/mol. The Morgan fingerprint density at radius 2 is 2.00 bits per heavy atom. The number of hydrogen-bond donors (Lipinski definition) is 2. The fraction of sp³-hybridized carbons (Fsp3) is 0.611. The number of piperidine rings is 1. The van der Waals surface area contributed by atoms with Crippen LogP contribution in [0.25, 0.3) is 0 Å². The normalized spacial score (nSPS) is 27.2. The molecule has 1 atom stereocenters. The molecule has 2 aliphatic heterocycles. The SMILES string of the molecule is CC1(C(N)=O)CN(CC2(O)CCN(c3ccccc3F)CC2)CCO1. The summed E-state index contributed by atoms with van der Waals surface area (Å²) in [6.07, 6.45) is 1.10. The fourth-order valence-corrected chi connectivity index (χ4v) is 3.68. The minimum absolute atomic E-state index is 0.238. The summed E-state index contributed by atoms with van der Waals surface area (Å²) >= 11 is 0. The van der Waals surface area contributed by atoms with E-state index in [4.69, 9.17) is 10.5 Å². The van der Waals surface area contributed by atoms with E-state index >= 15 is 0 Å². The molecule has 1 amide bonds. The van der Waals surface area contributed by atoms with Crippen LogP contribution in [0.3, 0.4) is 0 Å². The van der Waals surface area contributed by atoms with E-state index in [1.807, 2.05) is 15.9 Å². The number of aliphatic hydroxyl groups is 1. The highest BCUT2D eigenvalue weighted by molar-refractivity contribution is 5.83. The molecule has 3 rings (SSSR count). The number of morpholine rings is 1. The second-order valence-corrected chi connectivity index (χ2v) is 7.32. The summed E-state index contributed by atoms with van der Waals surface area (Å²) < 4.78 is 19.4. The van der Waals surface area contributed by atoms with Gasteiger partial charge in [0.1, 0.15) is 5.82 Å². The van der Waals surface area contributed by atoms with Crippen LogP contribution in [0.2, 0.25) is 0 Å². The van der Waals surface area contributed by atoms with E-state index in [1.54, 1.807) is 19.1 Å². The Labute approximate surface area is 147 Å². The van der Waals surface area contributed by atoms with Gasteiger partial charge >= 0.3 is 0 Å². The molecule has 1 aromatic carbocycles. The minimum atomic E-state index is -1.01. The first-order valence-corrected chi connectivity index (χ1v) is 8.69. The zero-order valence-electron chi connectivity index (χ0n) is 14.6. The summed E-state index contributed by atoms with van der Waals surface area (Å²) in [5.74, 6) is -0.725. The van der Waals surface area contributed by atoms with Crippen LogP contribution < -0.4 is 10.6 Å². The molecule has 2 saturated heterocycles. The van der Waals surface area contributed by atoms with Crippen LogP contribution in [0.4, 0.5) is 10.1 Å². The van der Waals surface area contributed by atoms with Gasteiger partial charge in [-0.15, -0.1) is 0 Å². The molecule has 2 aliphatic rings. The van der Waals surface area contributed by atoms with E-state index in [2.05, 4.69) is 0 Å². The average Bonchev–Trinajstić information content (AvgIpc) is 2.56. The molecule has 25 heavy (non-hydrogen) atoms. The summed E-state index contributed by atoms with van der Waals surface area (Å²) in [7, 11) is 0. The number of nitrogens with zero attached hydrogens (tertiary/aromatic N) is 2. The van der Waals surface area contributed by atoms with Crippen molar-refractivity contribution in [3.63, 3.8) is 0 Å². The van der Waals surface area contributed by atoms with Crippen molar-refractivity contribution >= 4 is 11.6 Å². The van der Waals surface area contributed by atoms with Gasteiger partial charge in [0.05, 0.1) is 17.9 Å². The van der Waals surface area contributed by atoms with E-state index in [0.717, 1.165) is 0 Å². The van der Waals surface area contributed by atoms with Gasteiger partial charge in [-0.05, 0) is 31.9 Å². The monoisotopic (exact) mass is 351 g/mol. The number of carbonyl (C=O) groups is 1. The molecule has 6 nitrogen and oxygen atoms in total. The number of nitrogens with two attached hydrogens (primary N) is 1. The van der Waals surface area contributed by atoms with Gasteiger partial charge in [-0.25, -0.2) is 4.39 Å². The Kier molecular flexibility index (Phi) is 4.99. The smallest absolute Gasteiger partial charge is 0.250 e. The molecule has 0 aliphatic carbocycles. The van der Waals surface area contributed by atoms with Crippen molar-refractivity contribution in [1.29, 1.82) is 0 Å². The summed E-state index contributed by atoms with van der Waals surface area (Å²) in [6.45, 7) is 4.78. The molecule has 0 bridgehead atoms. The van der Waals surface area contributed by atoms with Gasteiger partial charge in [-0.3, -0.25) is 9.69 Å². The third-order valence-corrected chi connectivity index (χ3v) is 5.28. The first-order valence-electron chi connectivity index (χ1n) is 8.69. The van der Waals surface area contributed by atoms with E-state index in [0.29, 0.717) is 57.9 Å². The Balaban J connectivity index is 1.59. The maximum Gasteiger partial charge on any atom is 0.250 e. The third-order valence-electron chi connectivity index (χ3n) is 5.28. The highest BCUT2D eigenvalue weighted by atomic mass is 19.1. The van der Waals surface area contributed by atoms with Crippen molar-refractivity contribution in [3.05, 3.63) is 30.1 Å². The fourth-order valence-electron chi connectivity index (χ4n) is 3.68. The van der Waals surface area contributed by atoms with Crippen molar-refractivity contribution in [2.45, 2.75) is 31.0 Å². The van der Waals surface area contributed by atoms with Crippen molar-refractivity contribution in [2.75, 3.05) is 44.2 Å². The van der Waals surface area contributed by atoms with E-state index in [-0.39, 0.29) is 5.82 Å². The molecule has 7 heteroatoms. The second kappa shape index (κ2) is 6.90. The zero-order valence-corrected chi connectivity index (χ0v) is 14.6. The number of carbonyl (C=O) groups excluding carboxylic acids is 1. The van der Waals surface area contributed by atoms with E-state index in [1.165, 1.54) is 6.07 Å². The van der Waals surface area contributed by atoms with Crippen LogP contribution in [0.15, 0.2) is 24.3 Å². The molecule has 2 fully saturated rings. The van der Waals surface area contributed by atoms with Gasteiger partial charge in [0.25, 0.3) is 5.91 Å². The molecule has 3 N–H and O–H groups in total. The van der Waals surface area contributed by atoms with E-state index < -0.39 is 17.1 Å². The molecule has 0 saturated carbocycles. The molecule has 0 aromatic heterocycles. The Hall–Kier alpha value is -1.70. The van der Waals surface area contributed by atoms with E-state index in [9.17, 15) is 14.3 Å². The number of β-amino-alcohol motifs (C(OH)–C–C–N with tert-alkyl or cyclic N) is 1. The van der Waals surface area contributed by atoms with Gasteiger partial charge in [-0.1, -0.05) is 12.1 Å². The Bertz CT molecular complexity index is 634. The van der Waals surface area contributed by atoms with Crippen molar-refractivity contribution < 1.29 is 19.0 Å². The maximum atomic E-state index is 13.9. The molecule has 1 unspecified atom stereocenters. The first-order chi connectivity index (χ1) is 11.8. The van der Waals surface area contributed by atoms with Crippen LogP contribution in [0.1, 0.15) is 19.8 Å². The quantitative estimate of drug-likeness (QED) is 0.836.